The summed E-state index contributed by atoms with van der Waals surface area (Å²) in [4.78, 5) is 28.8. The number of pyridine rings is 1. The van der Waals surface area contributed by atoms with Crippen LogP contribution in [0.1, 0.15) is 6.42 Å². The minimum atomic E-state index is -0.725. The first-order valence-corrected chi connectivity index (χ1v) is 8.04. The summed E-state index contributed by atoms with van der Waals surface area (Å²) in [6.07, 6.45) is 2.03. The van der Waals surface area contributed by atoms with Crippen LogP contribution in [0.2, 0.25) is 0 Å². The molecule has 0 bridgehead atoms. The summed E-state index contributed by atoms with van der Waals surface area (Å²) in [6.45, 7) is 1.79. The Morgan fingerprint density at radius 2 is 2.24 bits per heavy atom. The lowest BCUT2D eigenvalue weighted by Gasteiger charge is -2.29. The Hall–Kier alpha value is -1.83. The molecule has 1 aliphatic carbocycles. The van der Waals surface area contributed by atoms with Crippen molar-refractivity contribution in [3.8, 4) is 0 Å². The Labute approximate surface area is 126 Å². The Balaban J connectivity index is 1.70. The number of rotatable bonds is 4. The fourth-order valence-electron chi connectivity index (χ4n) is 2.44. The summed E-state index contributed by atoms with van der Waals surface area (Å²) >= 11 is 1.90. The van der Waals surface area contributed by atoms with Crippen molar-refractivity contribution in [2.75, 3.05) is 34.8 Å². The van der Waals surface area contributed by atoms with Gasteiger partial charge in [-0.25, -0.2) is 4.98 Å². The van der Waals surface area contributed by atoms with Gasteiger partial charge >= 0.3 is 0 Å². The van der Waals surface area contributed by atoms with Gasteiger partial charge in [0.05, 0.1) is 5.69 Å². The second-order valence-corrected chi connectivity index (χ2v) is 6.38. The van der Waals surface area contributed by atoms with Crippen molar-refractivity contribution in [3.05, 3.63) is 28.4 Å². The molecule has 3 rings (SSSR count). The molecule has 2 heterocycles. The van der Waals surface area contributed by atoms with Crippen molar-refractivity contribution in [3.63, 3.8) is 0 Å². The molecule has 21 heavy (non-hydrogen) atoms. The fourth-order valence-corrected chi connectivity index (χ4v) is 3.35. The van der Waals surface area contributed by atoms with Crippen LogP contribution in [0, 0.1) is 16.0 Å². The van der Waals surface area contributed by atoms with Crippen LogP contribution in [0.5, 0.6) is 0 Å². The van der Waals surface area contributed by atoms with Gasteiger partial charge in [-0.1, -0.05) is 0 Å². The fraction of sp³-hybridized carbons (Fsp3) is 0.538. The number of nitro groups is 1. The number of carbonyl (C=O) groups is 1. The van der Waals surface area contributed by atoms with Crippen LogP contribution in [-0.4, -0.2) is 46.5 Å². The molecule has 0 spiro atoms. The van der Waals surface area contributed by atoms with Gasteiger partial charge in [-0.3, -0.25) is 14.9 Å². The number of nitrogens with zero attached hydrogens (tertiary/aromatic N) is 3. The van der Waals surface area contributed by atoms with E-state index < -0.39 is 12.0 Å². The average molecular weight is 308 g/mol. The zero-order chi connectivity index (χ0) is 14.8. The van der Waals surface area contributed by atoms with Gasteiger partial charge in [-0.05, 0) is 12.1 Å². The molecule has 1 N–H and O–H groups in total. The second-order valence-electron chi connectivity index (χ2n) is 5.16. The van der Waals surface area contributed by atoms with Crippen LogP contribution in [0.4, 0.5) is 11.5 Å². The summed E-state index contributed by atoms with van der Waals surface area (Å²) in [5, 5.41) is 13.4. The van der Waals surface area contributed by atoms with Gasteiger partial charge in [0.15, 0.2) is 5.82 Å². The van der Waals surface area contributed by atoms with Crippen LogP contribution in [-0.2, 0) is 4.79 Å². The summed E-state index contributed by atoms with van der Waals surface area (Å²) in [7, 11) is 0. The van der Waals surface area contributed by atoms with Crippen molar-refractivity contribution < 1.29 is 9.72 Å². The largest absolute Gasteiger partial charge is 0.353 e. The van der Waals surface area contributed by atoms with Crippen LogP contribution in [0.25, 0.3) is 0 Å². The maximum Gasteiger partial charge on any atom is 0.234 e. The monoisotopic (exact) mass is 308 g/mol. The summed E-state index contributed by atoms with van der Waals surface area (Å²) in [6, 6.07) is 2.83. The van der Waals surface area contributed by atoms with E-state index in [4.69, 9.17) is 0 Å². The molecule has 7 nitrogen and oxygen atoms in total. The molecule has 0 aromatic carbocycles. The number of carbonyl (C=O) groups excluding carboxylic acids is 1. The molecular formula is C13H16N4O3S. The third-order valence-electron chi connectivity index (χ3n) is 3.72. The highest BCUT2D eigenvalue weighted by Gasteiger charge is 2.53. The number of anilines is 2. The minimum absolute atomic E-state index is 0.280. The maximum absolute atomic E-state index is 12.1. The summed E-state index contributed by atoms with van der Waals surface area (Å²) in [5.74, 6) is 2.04. The Kier molecular flexibility index (Phi) is 3.96. The molecule has 2 atom stereocenters. The van der Waals surface area contributed by atoms with E-state index in [1.165, 1.54) is 0 Å². The molecule has 2 unspecified atom stereocenters. The second kappa shape index (κ2) is 5.88. The van der Waals surface area contributed by atoms with Gasteiger partial charge in [-0.15, -0.1) is 0 Å². The molecular weight excluding hydrogens is 292 g/mol. The van der Waals surface area contributed by atoms with E-state index in [9.17, 15) is 14.9 Å². The highest BCUT2D eigenvalue weighted by atomic mass is 32.2. The van der Waals surface area contributed by atoms with Crippen molar-refractivity contribution in [2.24, 2.45) is 5.92 Å². The SMILES string of the molecule is O=C(Nc1cccnc1N1CCSCC1)C1CC1[N+](=O)[O-]. The van der Waals surface area contributed by atoms with E-state index in [0.29, 0.717) is 12.1 Å². The molecule has 1 amide bonds. The lowest BCUT2D eigenvalue weighted by molar-refractivity contribution is -0.497. The van der Waals surface area contributed by atoms with Gasteiger partial charge in [0.2, 0.25) is 11.9 Å². The van der Waals surface area contributed by atoms with E-state index in [-0.39, 0.29) is 10.8 Å². The topological polar surface area (TPSA) is 88.4 Å². The van der Waals surface area contributed by atoms with Crippen LogP contribution in [0.15, 0.2) is 18.3 Å². The molecule has 112 valence electrons. The Bertz CT molecular complexity index is 562. The Morgan fingerprint density at radius 3 is 2.90 bits per heavy atom. The van der Waals surface area contributed by atoms with Crippen LogP contribution >= 0.6 is 11.8 Å². The van der Waals surface area contributed by atoms with E-state index in [1.54, 1.807) is 18.3 Å². The molecule has 8 heteroatoms. The molecule has 1 aliphatic heterocycles. The van der Waals surface area contributed by atoms with Gasteiger partial charge < -0.3 is 10.2 Å². The van der Waals surface area contributed by atoms with E-state index in [1.807, 2.05) is 11.8 Å². The first-order valence-electron chi connectivity index (χ1n) is 6.89. The maximum atomic E-state index is 12.1. The number of nitrogens with one attached hydrogen (secondary N) is 1. The van der Waals surface area contributed by atoms with Gasteiger partial charge in [-0.2, -0.15) is 11.8 Å². The van der Waals surface area contributed by atoms with E-state index in [2.05, 4.69) is 15.2 Å². The number of thioether (sulfide) groups is 1. The molecule has 0 radical (unpaired) electrons. The molecule has 2 fully saturated rings. The predicted octanol–water partition coefficient (Wildman–Crippen LogP) is 1.24. The summed E-state index contributed by atoms with van der Waals surface area (Å²) < 4.78 is 0. The molecule has 1 saturated carbocycles. The van der Waals surface area contributed by atoms with Gasteiger partial charge in [0, 0.05) is 42.1 Å². The standard InChI is InChI=1S/C13H16N4O3S/c18-13(9-8-11(9)17(19)20)15-10-2-1-3-14-12(10)16-4-6-21-7-5-16/h1-3,9,11H,4-8H2,(H,15,18). The van der Waals surface area contributed by atoms with E-state index >= 15 is 0 Å². The van der Waals surface area contributed by atoms with E-state index in [0.717, 1.165) is 30.4 Å². The number of aromatic nitrogens is 1. The number of hydrogen-bond donors (Lipinski definition) is 1. The number of amides is 1. The average Bonchev–Trinajstić information content (AvgIpc) is 3.29. The van der Waals surface area contributed by atoms with Crippen molar-refractivity contribution in [1.29, 1.82) is 0 Å². The number of hydrogen-bond acceptors (Lipinski definition) is 6. The minimum Gasteiger partial charge on any atom is -0.353 e. The highest BCUT2D eigenvalue weighted by Crippen LogP contribution is 2.35. The zero-order valence-electron chi connectivity index (χ0n) is 11.4. The molecule has 1 aromatic heterocycles. The van der Waals surface area contributed by atoms with Crippen molar-refractivity contribution >= 4 is 29.2 Å². The smallest absolute Gasteiger partial charge is 0.234 e. The quantitative estimate of drug-likeness (QED) is 0.665. The third-order valence-corrected chi connectivity index (χ3v) is 4.66. The normalized spacial score (nSPS) is 24.5. The van der Waals surface area contributed by atoms with Crippen molar-refractivity contribution in [2.45, 2.75) is 12.5 Å². The highest BCUT2D eigenvalue weighted by molar-refractivity contribution is 7.99. The molecule has 1 aromatic rings. The van der Waals surface area contributed by atoms with Crippen molar-refractivity contribution in [1.82, 2.24) is 4.98 Å². The van der Waals surface area contributed by atoms with Crippen LogP contribution in [0.3, 0.4) is 0 Å². The first kappa shape index (κ1) is 14.1. The summed E-state index contributed by atoms with van der Waals surface area (Å²) in [5.41, 5.74) is 0.642. The Morgan fingerprint density at radius 1 is 1.48 bits per heavy atom. The zero-order valence-corrected chi connectivity index (χ0v) is 12.2. The lowest BCUT2D eigenvalue weighted by atomic mass is 10.3. The predicted molar refractivity (Wildman–Crippen MR) is 81.3 cm³/mol. The lowest BCUT2D eigenvalue weighted by Crippen LogP contribution is -2.34. The molecule has 2 aliphatic rings. The van der Waals surface area contributed by atoms with Gasteiger partial charge in [0.25, 0.3) is 0 Å². The van der Waals surface area contributed by atoms with Crippen LogP contribution < -0.4 is 10.2 Å². The third kappa shape index (κ3) is 3.10. The van der Waals surface area contributed by atoms with Gasteiger partial charge in [0.1, 0.15) is 5.92 Å². The first-order chi connectivity index (χ1) is 10.2. The molecule has 1 saturated heterocycles.